The largest absolute Gasteiger partial charge is 0.497 e. The zero-order chi connectivity index (χ0) is 24.1. The second kappa shape index (κ2) is 10.3. The maximum absolute atomic E-state index is 13.5. The zero-order valence-corrected chi connectivity index (χ0v) is 19.6. The lowest BCUT2D eigenvalue weighted by atomic mass is 10.0. The SMILES string of the molecule is COc1ccc(C(=O)N(CCc2ccccc2C)Cc2cc3cc(OC)ccc3[nH]c2=O)cc1. The summed E-state index contributed by atoms with van der Waals surface area (Å²) in [5.41, 5.74) is 3.93. The van der Waals surface area contributed by atoms with Gasteiger partial charge in [-0.15, -0.1) is 0 Å². The molecule has 3 aromatic carbocycles. The van der Waals surface area contributed by atoms with Crippen molar-refractivity contribution in [3.8, 4) is 11.5 Å². The van der Waals surface area contributed by atoms with Crippen LogP contribution in [0.25, 0.3) is 10.9 Å². The Balaban J connectivity index is 1.66. The lowest BCUT2D eigenvalue weighted by Gasteiger charge is -2.23. The molecule has 0 bridgehead atoms. The van der Waals surface area contributed by atoms with Gasteiger partial charge in [0.05, 0.1) is 20.8 Å². The number of ether oxygens (including phenoxy) is 2. The number of aromatic amines is 1. The van der Waals surface area contributed by atoms with Gasteiger partial charge in [-0.3, -0.25) is 9.59 Å². The molecule has 0 unspecified atom stereocenters. The third-order valence-electron chi connectivity index (χ3n) is 6.03. The molecule has 0 saturated heterocycles. The summed E-state index contributed by atoms with van der Waals surface area (Å²) >= 11 is 0. The maximum atomic E-state index is 13.5. The van der Waals surface area contributed by atoms with Crippen LogP contribution in [-0.4, -0.2) is 36.6 Å². The summed E-state index contributed by atoms with van der Waals surface area (Å²) in [6.45, 7) is 2.73. The second-order valence-corrected chi connectivity index (χ2v) is 8.21. The van der Waals surface area contributed by atoms with Crippen molar-refractivity contribution in [3.63, 3.8) is 0 Å². The normalized spacial score (nSPS) is 10.8. The highest BCUT2D eigenvalue weighted by Gasteiger charge is 2.19. The predicted molar refractivity (Wildman–Crippen MR) is 134 cm³/mol. The Morgan fingerprint density at radius 1 is 0.882 bits per heavy atom. The first-order chi connectivity index (χ1) is 16.5. The molecule has 4 aromatic rings. The average Bonchev–Trinajstić information content (AvgIpc) is 2.87. The third kappa shape index (κ3) is 5.12. The number of aromatic nitrogens is 1. The quantitative estimate of drug-likeness (QED) is 0.416. The molecule has 0 aliphatic rings. The molecule has 0 atom stereocenters. The Labute approximate surface area is 198 Å². The molecule has 1 heterocycles. The van der Waals surface area contributed by atoms with E-state index in [0.717, 1.165) is 10.9 Å². The topological polar surface area (TPSA) is 71.6 Å². The van der Waals surface area contributed by atoms with E-state index in [0.29, 0.717) is 35.6 Å². The Morgan fingerprint density at radius 2 is 1.59 bits per heavy atom. The lowest BCUT2D eigenvalue weighted by molar-refractivity contribution is 0.0744. The van der Waals surface area contributed by atoms with Crippen LogP contribution in [-0.2, 0) is 13.0 Å². The molecule has 0 aliphatic heterocycles. The van der Waals surface area contributed by atoms with Crippen LogP contribution < -0.4 is 15.0 Å². The average molecular weight is 457 g/mol. The number of methoxy groups -OCH3 is 2. The summed E-state index contributed by atoms with van der Waals surface area (Å²) in [7, 11) is 3.20. The monoisotopic (exact) mass is 456 g/mol. The Kier molecular flexibility index (Phi) is 6.97. The molecular formula is C28H28N2O4. The molecule has 34 heavy (non-hydrogen) atoms. The van der Waals surface area contributed by atoms with E-state index in [-0.39, 0.29) is 18.0 Å². The first-order valence-corrected chi connectivity index (χ1v) is 11.2. The summed E-state index contributed by atoms with van der Waals surface area (Å²) < 4.78 is 10.5. The van der Waals surface area contributed by atoms with Gasteiger partial charge >= 0.3 is 0 Å². The minimum Gasteiger partial charge on any atom is -0.497 e. The number of nitrogens with one attached hydrogen (secondary N) is 1. The van der Waals surface area contributed by atoms with E-state index < -0.39 is 0 Å². The highest BCUT2D eigenvalue weighted by molar-refractivity contribution is 5.94. The Morgan fingerprint density at radius 3 is 2.29 bits per heavy atom. The van der Waals surface area contributed by atoms with Crippen LogP contribution in [0.15, 0.2) is 77.6 Å². The first-order valence-electron chi connectivity index (χ1n) is 11.2. The second-order valence-electron chi connectivity index (χ2n) is 8.21. The number of amides is 1. The van der Waals surface area contributed by atoms with E-state index in [4.69, 9.17) is 9.47 Å². The summed E-state index contributed by atoms with van der Waals surface area (Å²) in [5.74, 6) is 1.25. The van der Waals surface area contributed by atoms with Crippen molar-refractivity contribution in [3.05, 3.63) is 105 Å². The van der Waals surface area contributed by atoms with Gasteiger partial charge in [-0.05, 0) is 73.0 Å². The van der Waals surface area contributed by atoms with Gasteiger partial charge in [0.2, 0.25) is 0 Å². The van der Waals surface area contributed by atoms with Crippen LogP contribution in [0.1, 0.15) is 27.0 Å². The number of aryl methyl sites for hydroxylation is 1. The fraction of sp³-hybridized carbons (Fsp3) is 0.214. The fourth-order valence-corrected chi connectivity index (χ4v) is 3.99. The van der Waals surface area contributed by atoms with Gasteiger partial charge in [0.25, 0.3) is 11.5 Å². The Bertz CT molecular complexity index is 1360. The number of rotatable bonds is 8. The van der Waals surface area contributed by atoms with Gasteiger partial charge in [0, 0.05) is 28.6 Å². The van der Waals surface area contributed by atoms with E-state index in [9.17, 15) is 9.59 Å². The van der Waals surface area contributed by atoms with Crippen molar-refractivity contribution >= 4 is 16.8 Å². The van der Waals surface area contributed by atoms with Crippen molar-refractivity contribution in [1.29, 1.82) is 0 Å². The number of carbonyl (C=O) groups is 1. The van der Waals surface area contributed by atoms with Crippen molar-refractivity contribution in [1.82, 2.24) is 9.88 Å². The highest BCUT2D eigenvalue weighted by atomic mass is 16.5. The third-order valence-corrected chi connectivity index (χ3v) is 6.03. The van der Waals surface area contributed by atoms with E-state index in [1.165, 1.54) is 11.1 Å². The summed E-state index contributed by atoms with van der Waals surface area (Å²) in [6.07, 6.45) is 0.688. The molecule has 4 rings (SSSR count). The summed E-state index contributed by atoms with van der Waals surface area (Å²) in [4.78, 5) is 31.0. The van der Waals surface area contributed by atoms with Crippen molar-refractivity contribution in [2.75, 3.05) is 20.8 Å². The van der Waals surface area contributed by atoms with Gasteiger partial charge in [0.1, 0.15) is 11.5 Å². The minimum absolute atomic E-state index is 0.138. The number of nitrogens with zero attached hydrogens (tertiary/aromatic N) is 1. The summed E-state index contributed by atoms with van der Waals surface area (Å²) in [5, 5.41) is 0.852. The van der Waals surface area contributed by atoms with E-state index in [2.05, 4.69) is 24.0 Å². The summed E-state index contributed by atoms with van der Waals surface area (Å²) in [6, 6.07) is 22.5. The number of carbonyl (C=O) groups excluding carboxylic acids is 1. The van der Waals surface area contributed by atoms with Gasteiger partial charge in [-0.25, -0.2) is 0 Å². The molecule has 0 fully saturated rings. The highest BCUT2D eigenvalue weighted by Crippen LogP contribution is 2.20. The van der Waals surface area contributed by atoms with Crippen molar-refractivity contribution in [2.45, 2.75) is 19.9 Å². The van der Waals surface area contributed by atoms with Gasteiger partial charge in [0.15, 0.2) is 0 Å². The van der Waals surface area contributed by atoms with Crippen molar-refractivity contribution in [2.24, 2.45) is 0 Å². The lowest BCUT2D eigenvalue weighted by Crippen LogP contribution is -2.34. The van der Waals surface area contributed by atoms with Crippen LogP contribution in [0, 0.1) is 6.92 Å². The van der Waals surface area contributed by atoms with Gasteiger partial charge < -0.3 is 19.4 Å². The van der Waals surface area contributed by atoms with Gasteiger partial charge in [-0.2, -0.15) is 0 Å². The molecule has 1 amide bonds. The molecule has 6 nitrogen and oxygen atoms in total. The molecule has 1 aromatic heterocycles. The van der Waals surface area contributed by atoms with Crippen LogP contribution in [0.5, 0.6) is 11.5 Å². The molecular weight excluding hydrogens is 428 g/mol. The van der Waals surface area contributed by atoms with Crippen molar-refractivity contribution < 1.29 is 14.3 Å². The van der Waals surface area contributed by atoms with Crippen LogP contribution in [0.3, 0.4) is 0 Å². The molecule has 0 saturated carbocycles. The predicted octanol–water partition coefficient (Wildman–Crippen LogP) is 4.74. The maximum Gasteiger partial charge on any atom is 0.254 e. The van der Waals surface area contributed by atoms with E-state index in [1.54, 1.807) is 49.5 Å². The number of hydrogen-bond acceptors (Lipinski definition) is 4. The van der Waals surface area contributed by atoms with Crippen LogP contribution in [0.2, 0.25) is 0 Å². The molecule has 0 radical (unpaired) electrons. The molecule has 174 valence electrons. The molecule has 1 N–H and O–H groups in total. The number of pyridine rings is 1. The molecule has 0 spiro atoms. The smallest absolute Gasteiger partial charge is 0.254 e. The first kappa shape index (κ1) is 23.1. The van der Waals surface area contributed by atoms with E-state index in [1.807, 2.05) is 30.3 Å². The number of H-pyrrole nitrogens is 1. The zero-order valence-electron chi connectivity index (χ0n) is 19.6. The van der Waals surface area contributed by atoms with E-state index >= 15 is 0 Å². The number of benzene rings is 3. The Hall–Kier alpha value is -4.06. The fourth-order valence-electron chi connectivity index (χ4n) is 3.99. The van der Waals surface area contributed by atoms with Crippen LogP contribution >= 0.6 is 0 Å². The molecule has 0 aliphatic carbocycles. The number of fused-ring (bicyclic) bond motifs is 1. The molecule has 6 heteroatoms. The van der Waals surface area contributed by atoms with Crippen LogP contribution in [0.4, 0.5) is 0 Å². The van der Waals surface area contributed by atoms with Gasteiger partial charge in [-0.1, -0.05) is 24.3 Å². The standard InChI is InChI=1S/C28H28N2O4/c1-19-6-4-5-7-20(19)14-15-30(28(32)21-8-10-24(33-2)11-9-21)18-23-16-22-17-25(34-3)12-13-26(22)29-27(23)31/h4-13,16-17H,14-15,18H2,1-3H3,(H,29,31). The minimum atomic E-state index is -0.207. The number of hydrogen-bond donors (Lipinski definition) is 1.